The Morgan fingerprint density at radius 2 is 2.00 bits per heavy atom. The molecule has 0 aromatic heterocycles. The highest BCUT2D eigenvalue weighted by Gasteiger charge is 2.23. The normalized spacial score (nSPS) is 18.8. The van der Waals surface area contributed by atoms with E-state index in [-0.39, 0.29) is 12.6 Å². The first kappa shape index (κ1) is 14.1. The maximum atomic E-state index is 9.27. The Labute approximate surface area is 118 Å². The fraction of sp³-hybridized carbons (Fsp3) is 0.538. The molecule has 0 unspecified atom stereocenters. The van der Waals surface area contributed by atoms with Crippen LogP contribution in [0.2, 0.25) is 10.0 Å². The first-order valence-electron chi connectivity index (χ1n) is 6.23. The van der Waals surface area contributed by atoms with Gasteiger partial charge in [-0.05, 0) is 30.2 Å². The zero-order chi connectivity index (χ0) is 13.0. The maximum absolute atomic E-state index is 9.27. The predicted octanol–water partition coefficient (Wildman–Crippen LogP) is 2.32. The quantitative estimate of drug-likeness (QED) is 0.893. The third kappa shape index (κ3) is 3.37. The number of nitrogens with one attached hydrogen (secondary N) is 1. The molecule has 3 nitrogen and oxygen atoms in total. The van der Waals surface area contributed by atoms with Gasteiger partial charge in [-0.3, -0.25) is 4.90 Å². The summed E-state index contributed by atoms with van der Waals surface area (Å²) in [6.45, 7) is 4.03. The van der Waals surface area contributed by atoms with Crippen LogP contribution in [0.15, 0.2) is 18.2 Å². The van der Waals surface area contributed by atoms with Crippen LogP contribution in [0, 0.1) is 0 Å². The van der Waals surface area contributed by atoms with Crippen molar-refractivity contribution >= 4 is 23.2 Å². The van der Waals surface area contributed by atoms with E-state index in [2.05, 4.69) is 10.2 Å². The number of hydrogen-bond donors (Lipinski definition) is 2. The van der Waals surface area contributed by atoms with Crippen molar-refractivity contribution in [2.75, 3.05) is 32.8 Å². The lowest BCUT2D eigenvalue weighted by atomic mass is 10.0. The Bertz CT molecular complexity index is 395. The van der Waals surface area contributed by atoms with Gasteiger partial charge in [0.05, 0.1) is 0 Å². The summed E-state index contributed by atoms with van der Waals surface area (Å²) in [5.41, 5.74) is 1.01. The number of benzene rings is 1. The van der Waals surface area contributed by atoms with E-state index in [1.165, 1.54) is 0 Å². The van der Waals surface area contributed by atoms with Crippen LogP contribution in [0.1, 0.15) is 18.0 Å². The minimum absolute atomic E-state index is 0.142. The molecular formula is C13H18Cl2N2O. The Balaban J connectivity index is 2.24. The molecule has 5 heteroatoms. The largest absolute Gasteiger partial charge is 0.396 e. The van der Waals surface area contributed by atoms with E-state index < -0.39 is 0 Å². The number of aliphatic hydroxyl groups excluding tert-OH is 1. The number of rotatable bonds is 4. The molecule has 1 saturated heterocycles. The average molecular weight is 289 g/mol. The van der Waals surface area contributed by atoms with E-state index in [0.29, 0.717) is 11.4 Å². The van der Waals surface area contributed by atoms with Gasteiger partial charge in [0.1, 0.15) is 0 Å². The number of halogens is 2. The van der Waals surface area contributed by atoms with Gasteiger partial charge in [0, 0.05) is 48.9 Å². The smallest absolute Gasteiger partial charge is 0.0454 e. The molecule has 0 spiro atoms. The van der Waals surface area contributed by atoms with Crippen molar-refractivity contribution in [3.05, 3.63) is 33.8 Å². The number of nitrogens with zero attached hydrogens (tertiary/aromatic N) is 1. The van der Waals surface area contributed by atoms with Crippen LogP contribution in [0.25, 0.3) is 0 Å². The summed E-state index contributed by atoms with van der Waals surface area (Å²) < 4.78 is 0. The second-order valence-electron chi connectivity index (χ2n) is 4.48. The lowest BCUT2D eigenvalue weighted by Gasteiger charge is -2.35. The second kappa shape index (κ2) is 6.73. The maximum Gasteiger partial charge on any atom is 0.0454 e. The fourth-order valence-corrected chi connectivity index (χ4v) is 2.84. The summed E-state index contributed by atoms with van der Waals surface area (Å²) >= 11 is 12.3. The molecule has 1 heterocycles. The SMILES string of the molecule is OCC[C@@H](c1cc(Cl)ccc1Cl)N1CCNCC1. The van der Waals surface area contributed by atoms with Crippen molar-refractivity contribution < 1.29 is 5.11 Å². The molecular weight excluding hydrogens is 271 g/mol. The zero-order valence-electron chi connectivity index (χ0n) is 10.2. The average Bonchev–Trinajstić information content (AvgIpc) is 2.40. The molecule has 1 fully saturated rings. The molecule has 2 N–H and O–H groups in total. The standard InChI is InChI=1S/C13H18Cl2N2O/c14-10-1-2-12(15)11(9-10)13(3-8-18)17-6-4-16-5-7-17/h1-2,9,13,16,18H,3-8H2/t13-/m0/s1. The summed E-state index contributed by atoms with van der Waals surface area (Å²) in [6, 6.07) is 5.67. The summed E-state index contributed by atoms with van der Waals surface area (Å²) in [5.74, 6) is 0. The van der Waals surface area contributed by atoms with Crippen molar-refractivity contribution in [2.24, 2.45) is 0 Å². The van der Waals surface area contributed by atoms with E-state index in [0.717, 1.165) is 36.8 Å². The van der Waals surface area contributed by atoms with Gasteiger partial charge in [0.15, 0.2) is 0 Å². The first-order chi connectivity index (χ1) is 8.72. The molecule has 100 valence electrons. The number of hydrogen-bond acceptors (Lipinski definition) is 3. The van der Waals surface area contributed by atoms with Crippen LogP contribution >= 0.6 is 23.2 Å². The predicted molar refractivity (Wildman–Crippen MR) is 75.3 cm³/mol. The monoisotopic (exact) mass is 288 g/mol. The van der Waals surface area contributed by atoms with Gasteiger partial charge in [-0.15, -0.1) is 0 Å². The Morgan fingerprint density at radius 3 is 2.67 bits per heavy atom. The molecule has 0 saturated carbocycles. The van der Waals surface area contributed by atoms with Gasteiger partial charge in [-0.1, -0.05) is 23.2 Å². The van der Waals surface area contributed by atoms with Gasteiger partial charge in [-0.25, -0.2) is 0 Å². The van der Waals surface area contributed by atoms with Crippen molar-refractivity contribution in [3.63, 3.8) is 0 Å². The van der Waals surface area contributed by atoms with Crippen LogP contribution in [0.4, 0.5) is 0 Å². The highest BCUT2D eigenvalue weighted by atomic mass is 35.5. The zero-order valence-corrected chi connectivity index (χ0v) is 11.7. The fourth-order valence-electron chi connectivity index (χ4n) is 2.42. The lowest BCUT2D eigenvalue weighted by Crippen LogP contribution is -2.45. The van der Waals surface area contributed by atoms with E-state index in [1.54, 1.807) is 6.07 Å². The van der Waals surface area contributed by atoms with Crippen molar-refractivity contribution in [3.8, 4) is 0 Å². The molecule has 1 aromatic carbocycles. The molecule has 18 heavy (non-hydrogen) atoms. The lowest BCUT2D eigenvalue weighted by molar-refractivity contribution is 0.141. The van der Waals surface area contributed by atoms with E-state index >= 15 is 0 Å². The van der Waals surface area contributed by atoms with Gasteiger partial charge in [0.25, 0.3) is 0 Å². The molecule has 1 aliphatic heterocycles. The molecule has 0 bridgehead atoms. The summed E-state index contributed by atoms with van der Waals surface area (Å²) in [5, 5.41) is 14.0. The minimum atomic E-state index is 0.142. The molecule has 1 aliphatic rings. The molecule has 0 amide bonds. The molecule has 0 radical (unpaired) electrons. The van der Waals surface area contributed by atoms with Crippen LogP contribution in [-0.4, -0.2) is 42.8 Å². The van der Waals surface area contributed by atoms with E-state index in [1.807, 2.05) is 12.1 Å². The first-order valence-corrected chi connectivity index (χ1v) is 6.98. The second-order valence-corrected chi connectivity index (χ2v) is 5.32. The molecule has 0 aliphatic carbocycles. The molecule has 2 rings (SSSR count). The van der Waals surface area contributed by atoms with Crippen molar-refractivity contribution in [1.82, 2.24) is 10.2 Å². The van der Waals surface area contributed by atoms with Crippen molar-refractivity contribution in [1.29, 1.82) is 0 Å². The van der Waals surface area contributed by atoms with Gasteiger partial charge in [-0.2, -0.15) is 0 Å². The van der Waals surface area contributed by atoms with Gasteiger partial charge in [0.2, 0.25) is 0 Å². The topological polar surface area (TPSA) is 35.5 Å². The summed E-state index contributed by atoms with van der Waals surface area (Å²) in [6.07, 6.45) is 0.681. The highest BCUT2D eigenvalue weighted by Crippen LogP contribution is 2.32. The van der Waals surface area contributed by atoms with Crippen LogP contribution in [0.3, 0.4) is 0 Å². The van der Waals surface area contributed by atoms with Crippen LogP contribution < -0.4 is 5.32 Å². The third-order valence-corrected chi connectivity index (χ3v) is 3.89. The van der Waals surface area contributed by atoms with E-state index in [9.17, 15) is 5.11 Å². The summed E-state index contributed by atoms with van der Waals surface area (Å²) in [4.78, 5) is 2.35. The van der Waals surface area contributed by atoms with E-state index in [4.69, 9.17) is 23.2 Å². The molecule has 1 aromatic rings. The van der Waals surface area contributed by atoms with Crippen LogP contribution in [0.5, 0.6) is 0 Å². The number of piperazine rings is 1. The molecule has 1 atom stereocenters. The number of aliphatic hydroxyl groups is 1. The third-order valence-electron chi connectivity index (χ3n) is 3.31. The summed E-state index contributed by atoms with van der Waals surface area (Å²) in [7, 11) is 0. The Hall–Kier alpha value is -0.320. The Kier molecular flexibility index (Phi) is 5.27. The van der Waals surface area contributed by atoms with Crippen molar-refractivity contribution in [2.45, 2.75) is 12.5 Å². The minimum Gasteiger partial charge on any atom is -0.396 e. The van der Waals surface area contributed by atoms with Gasteiger partial charge >= 0.3 is 0 Å². The highest BCUT2D eigenvalue weighted by molar-refractivity contribution is 6.33. The van der Waals surface area contributed by atoms with Crippen LogP contribution in [-0.2, 0) is 0 Å². The van der Waals surface area contributed by atoms with Gasteiger partial charge < -0.3 is 10.4 Å². The Morgan fingerprint density at radius 1 is 1.28 bits per heavy atom.